The lowest BCUT2D eigenvalue weighted by atomic mass is 10.2. The lowest BCUT2D eigenvalue weighted by Gasteiger charge is -1.89. The minimum absolute atomic E-state index is 0.0839. The van der Waals surface area contributed by atoms with Gasteiger partial charge >= 0.3 is 0 Å². The van der Waals surface area contributed by atoms with Crippen LogP contribution in [0.25, 0.3) is 0 Å². The molecular weight excluding hydrogens is 164 g/mol. The van der Waals surface area contributed by atoms with Crippen molar-refractivity contribution in [3.8, 4) is 0 Å². The van der Waals surface area contributed by atoms with Crippen LogP contribution in [0.15, 0.2) is 28.7 Å². The van der Waals surface area contributed by atoms with E-state index in [1.807, 2.05) is 0 Å². The lowest BCUT2D eigenvalue weighted by molar-refractivity contribution is 1.45. The monoisotopic (exact) mass is 173 g/mol. The van der Waals surface area contributed by atoms with E-state index in [2.05, 4.69) is 15.9 Å². The summed E-state index contributed by atoms with van der Waals surface area (Å²) < 4.78 is 22.5. The average molecular weight is 174 g/mol. The van der Waals surface area contributed by atoms with Crippen molar-refractivity contribution in [3.63, 3.8) is 0 Å². The Labute approximate surface area is 61.9 Å². The Morgan fingerprint density at radius 2 is 2.50 bits per heavy atom. The number of benzene rings is 1. The summed E-state index contributed by atoms with van der Waals surface area (Å²) in [7, 11) is 0. The average Bonchev–Trinajstić information content (AvgIpc) is 1.97. The van der Waals surface area contributed by atoms with Gasteiger partial charge in [-0.2, -0.15) is 0 Å². The summed E-state index contributed by atoms with van der Waals surface area (Å²) in [5.41, 5.74) is 0.720. The Morgan fingerprint density at radius 3 is 3.25 bits per heavy atom. The van der Waals surface area contributed by atoms with Gasteiger partial charge in [0, 0.05) is 4.47 Å². The maximum Gasteiger partial charge on any atom is 0.0637 e. The highest BCUT2D eigenvalue weighted by Crippen LogP contribution is 2.09. The zero-order chi connectivity index (χ0) is 8.59. The van der Waals surface area contributed by atoms with Crippen LogP contribution >= 0.6 is 15.9 Å². The second-order valence-corrected chi connectivity index (χ2v) is 2.33. The molecule has 0 amide bonds. The van der Waals surface area contributed by atoms with Crippen molar-refractivity contribution in [2.75, 3.05) is 0 Å². The standard InChI is InChI=1S/C7H7Br/c1-6-3-2-4-7(8)5-6/h2-5H,1H3/i2D,4D,5D. The van der Waals surface area contributed by atoms with Gasteiger partial charge in [-0.05, 0) is 19.0 Å². The number of hydrogen-bond donors (Lipinski definition) is 0. The quantitative estimate of drug-likeness (QED) is 0.567. The number of halogens is 1. The third-order valence-corrected chi connectivity index (χ3v) is 1.17. The van der Waals surface area contributed by atoms with E-state index in [1.165, 1.54) is 6.07 Å². The molecule has 0 nitrogen and oxygen atoms in total. The normalized spacial score (nSPS) is 14.5. The molecule has 0 radical (unpaired) electrons. The largest absolute Gasteiger partial charge is 0.0637 e. The van der Waals surface area contributed by atoms with Crippen molar-refractivity contribution >= 4 is 15.9 Å². The molecule has 8 heavy (non-hydrogen) atoms. The number of hydrogen-bond acceptors (Lipinski definition) is 0. The SMILES string of the molecule is [2H]c1cc(C)c([2H])c(Br)c1[2H]. The van der Waals surface area contributed by atoms with Gasteiger partial charge < -0.3 is 0 Å². The van der Waals surface area contributed by atoms with Crippen molar-refractivity contribution in [2.24, 2.45) is 0 Å². The van der Waals surface area contributed by atoms with Crippen LogP contribution in [0.3, 0.4) is 0 Å². The van der Waals surface area contributed by atoms with E-state index >= 15 is 0 Å². The van der Waals surface area contributed by atoms with E-state index in [1.54, 1.807) is 6.92 Å². The molecule has 0 N–H and O–H groups in total. The van der Waals surface area contributed by atoms with Gasteiger partial charge in [-0.1, -0.05) is 33.6 Å². The predicted octanol–water partition coefficient (Wildman–Crippen LogP) is 2.76. The van der Waals surface area contributed by atoms with Gasteiger partial charge in [-0.15, -0.1) is 0 Å². The second kappa shape index (κ2) is 2.31. The van der Waals surface area contributed by atoms with Crippen LogP contribution in [0.4, 0.5) is 0 Å². The highest BCUT2D eigenvalue weighted by molar-refractivity contribution is 9.10. The first kappa shape index (κ1) is 3.02. The van der Waals surface area contributed by atoms with E-state index in [-0.39, 0.29) is 12.1 Å². The van der Waals surface area contributed by atoms with Gasteiger partial charge in [-0.3, -0.25) is 0 Å². The van der Waals surface area contributed by atoms with Gasteiger partial charge in [0.1, 0.15) is 0 Å². The van der Waals surface area contributed by atoms with Gasteiger partial charge in [0.25, 0.3) is 0 Å². The molecule has 1 heteroatoms. The summed E-state index contributed by atoms with van der Waals surface area (Å²) in [6.45, 7) is 1.75. The summed E-state index contributed by atoms with van der Waals surface area (Å²) in [6.07, 6.45) is 0. The Morgan fingerprint density at radius 1 is 1.75 bits per heavy atom. The molecule has 0 saturated heterocycles. The van der Waals surface area contributed by atoms with Gasteiger partial charge in [0.15, 0.2) is 0 Å². The maximum absolute atomic E-state index is 7.43. The minimum Gasteiger partial charge on any atom is -0.0609 e. The molecule has 0 aromatic heterocycles. The van der Waals surface area contributed by atoms with E-state index in [0.29, 0.717) is 10.5 Å². The fourth-order valence-corrected chi connectivity index (χ4v) is 0.875. The van der Waals surface area contributed by atoms with Crippen LogP contribution < -0.4 is 0 Å². The number of rotatable bonds is 0. The summed E-state index contributed by atoms with van der Waals surface area (Å²) in [4.78, 5) is 0. The molecule has 0 unspecified atom stereocenters. The van der Waals surface area contributed by atoms with Crippen LogP contribution in [0, 0.1) is 6.92 Å². The van der Waals surface area contributed by atoms with Crippen LogP contribution in [0.2, 0.25) is 0 Å². The first-order valence-corrected chi connectivity index (χ1v) is 3.06. The van der Waals surface area contributed by atoms with E-state index in [4.69, 9.17) is 4.11 Å². The Hall–Kier alpha value is -0.300. The molecule has 0 bridgehead atoms. The summed E-state index contributed by atoms with van der Waals surface area (Å²) >= 11 is 3.09. The molecule has 1 aromatic rings. The fourth-order valence-electron chi connectivity index (χ4n) is 0.448. The topological polar surface area (TPSA) is 0 Å². The second-order valence-electron chi connectivity index (χ2n) is 1.54. The third-order valence-electron chi connectivity index (χ3n) is 0.778. The van der Waals surface area contributed by atoms with Crippen molar-refractivity contribution < 1.29 is 4.11 Å². The summed E-state index contributed by atoms with van der Waals surface area (Å²) in [6, 6.07) is 2.06. The smallest absolute Gasteiger partial charge is 0.0609 e. The van der Waals surface area contributed by atoms with E-state index in [9.17, 15) is 0 Å². The van der Waals surface area contributed by atoms with Crippen molar-refractivity contribution in [2.45, 2.75) is 6.92 Å². The molecule has 0 aliphatic rings. The molecule has 0 aliphatic heterocycles. The third kappa shape index (κ3) is 1.34. The fraction of sp³-hybridized carbons (Fsp3) is 0.143. The van der Waals surface area contributed by atoms with Crippen molar-refractivity contribution in [1.82, 2.24) is 0 Å². The Kier molecular flexibility index (Phi) is 0.873. The summed E-state index contributed by atoms with van der Waals surface area (Å²) in [5.74, 6) is 0. The molecule has 0 aliphatic carbocycles. The zero-order valence-corrected chi connectivity index (χ0v) is 6.04. The summed E-state index contributed by atoms with van der Waals surface area (Å²) in [5, 5.41) is 0. The molecule has 42 valence electrons. The Balaban J connectivity index is 3.46. The molecule has 0 fully saturated rings. The number of aryl methyl sites for hydroxylation is 1. The van der Waals surface area contributed by atoms with E-state index in [0.717, 1.165) is 5.56 Å². The minimum atomic E-state index is 0.0839. The molecule has 1 aromatic carbocycles. The van der Waals surface area contributed by atoms with Crippen molar-refractivity contribution in [1.29, 1.82) is 0 Å². The van der Waals surface area contributed by atoms with E-state index < -0.39 is 0 Å². The first-order valence-electron chi connectivity index (χ1n) is 3.77. The van der Waals surface area contributed by atoms with Crippen LogP contribution in [0.5, 0.6) is 0 Å². The zero-order valence-electron chi connectivity index (χ0n) is 7.46. The molecular formula is C7H7Br. The van der Waals surface area contributed by atoms with Gasteiger partial charge in [0.05, 0.1) is 4.11 Å². The predicted molar refractivity (Wildman–Crippen MR) is 38.9 cm³/mol. The van der Waals surface area contributed by atoms with Gasteiger partial charge in [-0.25, -0.2) is 0 Å². The lowest BCUT2D eigenvalue weighted by Crippen LogP contribution is -1.67. The van der Waals surface area contributed by atoms with Crippen LogP contribution in [0.1, 0.15) is 9.68 Å². The molecule has 0 heterocycles. The highest BCUT2D eigenvalue weighted by atomic mass is 79.9. The molecule has 1 rings (SSSR count). The van der Waals surface area contributed by atoms with Crippen molar-refractivity contribution in [3.05, 3.63) is 34.2 Å². The van der Waals surface area contributed by atoms with Gasteiger partial charge in [0.2, 0.25) is 0 Å². The molecule has 0 atom stereocenters. The van der Waals surface area contributed by atoms with Crippen LogP contribution in [-0.2, 0) is 0 Å². The first-order chi connectivity index (χ1) is 5.04. The molecule has 0 saturated carbocycles. The molecule has 0 spiro atoms. The highest BCUT2D eigenvalue weighted by Gasteiger charge is 1.82. The van der Waals surface area contributed by atoms with Crippen LogP contribution in [-0.4, -0.2) is 0 Å². The Bertz CT molecular complexity index is 270. The maximum atomic E-state index is 7.43.